The van der Waals surface area contributed by atoms with E-state index in [0.29, 0.717) is 12.1 Å². The minimum absolute atomic E-state index is 0.0433. The number of hydrogen-bond acceptors (Lipinski definition) is 4. The van der Waals surface area contributed by atoms with E-state index in [4.69, 9.17) is 0 Å². The summed E-state index contributed by atoms with van der Waals surface area (Å²) >= 11 is 0. The van der Waals surface area contributed by atoms with E-state index in [1.54, 1.807) is 12.1 Å². The first-order valence-corrected chi connectivity index (χ1v) is 13.6. The van der Waals surface area contributed by atoms with Crippen LogP contribution in [0.1, 0.15) is 36.0 Å². The van der Waals surface area contributed by atoms with Crippen LogP contribution in [0.4, 0.5) is 26.3 Å². The second kappa shape index (κ2) is 10.5. The van der Waals surface area contributed by atoms with Gasteiger partial charge >= 0.3 is 18.3 Å². The van der Waals surface area contributed by atoms with E-state index in [1.165, 1.54) is 48.5 Å². The average molecular weight is 587 g/mol. The predicted octanol–water partition coefficient (Wildman–Crippen LogP) is 6.78. The number of ether oxygens (including phenoxy) is 1. The minimum Gasteiger partial charge on any atom is -0.481 e. The smallest absolute Gasteiger partial charge is 0.430 e. The maximum Gasteiger partial charge on any atom is 0.430 e. The average Bonchev–Trinajstić information content (AvgIpc) is 3.37. The molecule has 12 heteroatoms. The molecule has 2 unspecified atom stereocenters. The van der Waals surface area contributed by atoms with Crippen molar-refractivity contribution in [2.24, 2.45) is 5.92 Å². The molecule has 1 N–H and O–H groups in total. The zero-order valence-electron chi connectivity index (χ0n) is 20.7. The van der Waals surface area contributed by atoms with E-state index in [9.17, 15) is 44.7 Å². The van der Waals surface area contributed by atoms with Crippen molar-refractivity contribution < 1.29 is 49.4 Å². The Balaban J connectivity index is 1.84. The van der Waals surface area contributed by atoms with Crippen molar-refractivity contribution in [3.63, 3.8) is 0 Å². The molecule has 3 aromatic carbocycles. The van der Waals surface area contributed by atoms with Crippen LogP contribution in [0.25, 0.3) is 0 Å². The van der Waals surface area contributed by atoms with Crippen LogP contribution in [0.5, 0.6) is 0 Å². The number of benzene rings is 3. The number of carboxylic acid groups (broad SMARTS) is 1. The molecular formula is C28H24F6O5S. The van der Waals surface area contributed by atoms with Crippen molar-refractivity contribution in [2.75, 3.05) is 0 Å². The fraction of sp³-hybridized carbons (Fsp3) is 0.321. The van der Waals surface area contributed by atoms with Crippen molar-refractivity contribution in [3.05, 3.63) is 102 Å². The van der Waals surface area contributed by atoms with Gasteiger partial charge in [-0.2, -0.15) is 26.3 Å². The highest BCUT2D eigenvalue weighted by Crippen LogP contribution is 2.55. The quantitative estimate of drug-likeness (QED) is 0.295. The lowest BCUT2D eigenvalue weighted by atomic mass is 9.88. The minimum atomic E-state index is -5.93. The Morgan fingerprint density at radius 2 is 1.38 bits per heavy atom. The molecule has 1 aliphatic carbocycles. The largest absolute Gasteiger partial charge is 0.481 e. The molecule has 0 spiro atoms. The van der Waals surface area contributed by atoms with Crippen LogP contribution in [0.3, 0.4) is 0 Å². The van der Waals surface area contributed by atoms with Crippen LogP contribution in [0.15, 0.2) is 89.8 Å². The van der Waals surface area contributed by atoms with E-state index in [1.807, 2.05) is 0 Å². The Hall–Kier alpha value is -3.38. The summed E-state index contributed by atoms with van der Waals surface area (Å²) in [5.74, 6) is -2.32. The lowest BCUT2D eigenvalue weighted by Gasteiger charge is -2.38. The van der Waals surface area contributed by atoms with Gasteiger partial charge in [-0.3, -0.25) is 4.79 Å². The predicted molar refractivity (Wildman–Crippen MR) is 132 cm³/mol. The highest BCUT2D eigenvalue weighted by molar-refractivity contribution is 7.92. The Labute approximate surface area is 226 Å². The molecule has 0 bridgehead atoms. The highest BCUT2D eigenvalue weighted by atomic mass is 32.2. The molecule has 214 valence electrons. The normalized spacial score (nSPS) is 20.4. The zero-order valence-corrected chi connectivity index (χ0v) is 21.6. The summed E-state index contributed by atoms with van der Waals surface area (Å²) < 4.78 is 116. The number of hydrogen-bond donors (Lipinski definition) is 1. The Morgan fingerprint density at radius 3 is 1.85 bits per heavy atom. The number of carbonyl (C=O) groups is 1. The van der Waals surface area contributed by atoms with Gasteiger partial charge in [-0.25, -0.2) is 8.42 Å². The van der Waals surface area contributed by atoms with Crippen molar-refractivity contribution in [1.82, 2.24) is 0 Å². The molecule has 3 aromatic rings. The molecule has 0 heterocycles. The van der Waals surface area contributed by atoms with Crippen molar-refractivity contribution in [2.45, 2.75) is 53.5 Å². The number of carboxylic acids is 1. The summed E-state index contributed by atoms with van der Waals surface area (Å²) in [7, 11) is -4.31. The SMILES string of the molecule is O=C(O)C1CCC(c2ccc(C(OCc3ccccc3)(C(F)(F)F)C(F)(F)F)cc2)(S(=O)(=O)c2ccccc2)C1. The molecule has 40 heavy (non-hydrogen) atoms. The van der Waals surface area contributed by atoms with E-state index >= 15 is 0 Å². The van der Waals surface area contributed by atoms with E-state index < -0.39 is 63.0 Å². The van der Waals surface area contributed by atoms with Gasteiger partial charge in [0.1, 0.15) is 4.75 Å². The molecule has 0 radical (unpaired) electrons. The zero-order chi connectivity index (χ0) is 29.4. The molecule has 0 saturated heterocycles. The van der Waals surface area contributed by atoms with Crippen molar-refractivity contribution in [1.29, 1.82) is 0 Å². The van der Waals surface area contributed by atoms with Gasteiger partial charge in [0.15, 0.2) is 9.84 Å². The van der Waals surface area contributed by atoms with Crippen molar-refractivity contribution >= 4 is 15.8 Å². The number of halogens is 6. The summed E-state index contributed by atoms with van der Waals surface area (Å²) in [6.45, 7) is -1.01. The third kappa shape index (κ3) is 4.98. The second-order valence-corrected chi connectivity index (χ2v) is 11.9. The van der Waals surface area contributed by atoms with Crippen LogP contribution in [0.2, 0.25) is 0 Å². The van der Waals surface area contributed by atoms with Gasteiger partial charge < -0.3 is 9.84 Å². The van der Waals surface area contributed by atoms with E-state index in [-0.39, 0.29) is 28.9 Å². The van der Waals surface area contributed by atoms with Crippen LogP contribution in [0, 0.1) is 5.92 Å². The lowest BCUT2D eigenvalue weighted by Crippen LogP contribution is -2.55. The number of rotatable bonds is 8. The molecule has 0 aliphatic heterocycles. The third-order valence-corrected chi connectivity index (χ3v) is 9.83. The van der Waals surface area contributed by atoms with Gasteiger partial charge in [0, 0.05) is 5.56 Å². The van der Waals surface area contributed by atoms with Gasteiger partial charge in [0.05, 0.1) is 17.4 Å². The van der Waals surface area contributed by atoms with Crippen LogP contribution >= 0.6 is 0 Å². The molecule has 0 amide bonds. The summed E-state index contributed by atoms with van der Waals surface area (Å²) in [4.78, 5) is 11.6. The van der Waals surface area contributed by atoms with E-state index in [0.717, 1.165) is 12.1 Å². The van der Waals surface area contributed by atoms with Gasteiger partial charge in [0.2, 0.25) is 0 Å². The number of sulfone groups is 1. The maximum absolute atomic E-state index is 14.3. The first kappa shape index (κ1) is 29.6. The molecule has 1 aliphatic rings. The summed E-state index contributed by atoms with van der Waals surface area (Å²) in [6.07, 6.45) is -12.5. The lowest BCUT2D eigenvalue weighted by molar-refractivity contribution is -0.392. The van der Waals surface area contributed by atoms with Crippen LogP contribution in [-0.2, 0) is 36.3 Å². The Kier molecular flexibility index (Phi) is 7.81. The van der Waals surface area contributed by atoms with Gasteiger partial charge in [-0.15, -0.1) is 0 Å². The maximum atomic E-state index is 14.3. The highest BCUT2D eigenvalue weighted by Gasteiger charge is 2.73. The number of aliphatic carboxylic acids is 1. The fourth-order valence-corrected chi connectivity index (χ4v) is 7.44. The molecule has 5 nitrogen and oxygen atoms in total. The Bertz CT molecular complexity index is 1420. The molecule has 1 fully saturated rings. The monoisotopic (exact) mass is 586 g/mol. The summed E-state index contributed by atoms with van der Waals surface area (Å²) in [6, 6.07) is 17.0. The van der Waals surface area contributed by atoms with Gasteiger partial charge in [-0.1, -0.05) is 72.8 Å². The third-order valence-electron chi connectivity index (χ3n) is 7.30. The summed E-state index contributed by atoms with van der Waals surface area (Å²) in [5.41, 5.74) is -6.02. The summed E-state index contributed by atoms with van der Waals surface area (Å²) in [5, 5.41) is 9.55. The van der Waals surface area contributed by atoms with Crippen LogP contribution < -0.4 is 0 Å². The van der Waals surface area contributed by atoms with Crippen molar-refractivity contribution in [3.8, 4) is 0 Å². The number of alkyl halides is 6. The topological polar surface area (TPSA) is 80.7 Å². The molecular weight excluding hydrogens is 562 g/mol. The van der Waals surface area contributed by atoms with Gasteiger partial charge in [0.25, 0.3) is 5.60 Å². The standard InChI is InChI=1S/C28H24F6O5S/c29-27(30,31)26(28(32,33)34,39-18-19-7-3-1-4-8-19)22-13-11-21(12-14-22)25(16-15-20(17-25)24(35)36)40(37,38)23-9-5-2-6-10-23/h1-14,20H,15-18H2,(H,35,36). The fourth-order valence-electron chi connectivity index (χ4n) is 5.22. The Morgan fingerprint density at radius 1 is 0.850 bits per heavy atom. The molecule has 0 aromatic heterocycles. The molecule has 2 atom stereocenters. The molecule has 1 saturated carbocycles. The van der Waals surface area contributed by atoms with Crippen LogP contribution in [-0.4, -0.2) is 31.8 Å². The first-order chi connectivity index (χ1) is 18.7. The second-order valence-electron chi connectivity index (χ2n) is 9.62. The molecule has 4 rings (SSSR count). The first-order valence-electron chi connectivity index (χ1n) is 12.1. The van der Waals surface area contributed by atoms with Gasteiger partial charge in [-0.05, 0) is 42.5 Å². The van der Waals surface area contributed by atoms with E-state index in [2.05, 4.69) is 4.74 Å².